The second-order valence-electron chi connectivity index (χ2n) is 3.54. The number of carbonyl (C=O) groups excluding carboxylic acids is 1. The minimum Gasteiger partial charge on any atom is -0.452 e. The number of likely N-dealkylation sites (tertiary alicyclic amines) is 1. The molecule has 0 aromatic rings. The Morgan fingerprint density at radius 2 is 2.33 bits per heavy atom. The van der Waals surface area contributed by atoms with Crippen molar-refractivity contribution >= 4 is 13.4 Å². The van der Waals surface area contributed by atoms with Gasteiger partial charge in [-0.15, -0.1) is 0 Å². The summed E-state index contributed by atoms with van der Waals surface area (Å²) in [5.41, 5.74) is 0. The van der Waals surface area contributed by atoms with Crippen molar-refractivity contribution in [2.45, 2.75) is 32.6 Å². The Morgan fingerprint density at radius 1 is 1.67 bits per heavy atom. The maximum atomic E-state index is 11.5. The van der Waals surface area contributed by atoms with E-state index in [0.29, 0.717) is 0 Å². The molecule has 1 unspecified atom stereocenters. The van der Waals surface area contributed by atoms with Gasteiger partial charge in [0.1, 0.15) is 0 Å². The van der Waals surface area contributed by atoms with E-state index < -0.39 is 0 Å². The maximum Gasteiger partial charge on any atom is 0.312 e. The van der Waals surface area contributed by atoms with E-state index in [-0.39, 0.29) is 17.8 Å². The molecule has 0 bridgehead atoms. The highest BCUT2D eigenvalue weighted by molar-refractivity contribution is 6.28. The summed E-state index contributed by atoms with van der Waals surface area (Å²) in [6, 6.07) is 0. The second kappa shape index (κ2) is 3.94. The number of nitrogens with zero attached hydrogens (tertiary/aromatic N) is 1. The summed E-state index contributed by atoms with van der Waals surface area (Å²) < 4.78 is 0. The SMILES string of the molecule is CC(C)C(=O)N1CCCC1[B]O. The first-order valence-electron chi connectivity index (χ1n) is 4.45. The average molecular weight is 168 g/mol. The molecule has 1 aliphatic heterocycles. The molecule has 3 nitrogen and oxygen atoms in total. The molecule has 1 fully saturated rings. The van der Waals surface area contributed by atoms with Gasteiger partial charge < -0.3 is 9.92 Å². The molecule has 1 radical (unpaired) electrons. The van der Waals surface area contributed by atoms with Crippen LogP contribution in [0.5, 0.6) is 0 Å². The van der Waals surface area contributed by atoms with Gasteiger partial charge >= 0.3 is 7.48 Å². The van der Waals surface area contributed by atoms with Crippen LogP contribution in [0.15, 0.2) is 0 Å². The van der Waals surface area contributed by atoms with E-state index in [1.165, 1.54) is 0 Å². The van der Waals surface area contributed by atoms with E-state index in [4.69, 9.17) is 5.02 Å². The molecule has 0 aromatic carbocycles. The first-order valence-corrected chi connectivity index (χ1v) is 4.45. The predicted molar refractivity (Wildman–Crippen MR) is 47.5 cm³/mol. The first kappa shape index (κ1) is 9.58. The Balaban J connectivity index is 2.55. The molecule has 67 valence electrons. The Bertz CT molecular complexity index is 172. The summed E-state index contributed by atoms with van der Waals surface area (Å²) in [4.78, 5) is 13.3. The van der Waals surface area contributed by atoms with Crippen LogP contribution in [0.2, 0.25) is 0 Å². The summed E-state index contributed by atoms with van der Waals surface area (Å²) >= 11 is 0. The van der Waals surface area contributed by atoms with Crippen LogP contribution in [0.25, 0.3) is 0 Å². The van der Waals surface area contributed by atoms with Crippen LogP contribution in [-0.2, 0) is 4.79 Å². The van der Waals surface area contributed by atoms with Gasteiger partial charge in [0, 0.05) is 18.4 Å². The van der Waals surface area contributed by atoms with Gasteiger partial charge in [0.2, 0.25) is 5.91 Å². The highest BCUT2D eigenvalue weighted by Crippen LogP contribution is 2.17. The van der Waals surface area contributed by atoms with E-state index in [0.717, 1.165) is 26.9 Å². The quantitative estimate of drug-likeness (QED) is 0.598. The molecule has 4 heteroatoms. The zero-order valence-electron chi connectivity index (χ0n) is 7.66. The zero-order chi connectivity index (χ0) is 9.14. The van der Waals surface area contributed by atoms with Gasteiger partial charge in [0.15, 0.2) is 0 Å². The predicted octanol–water partition coefficient (Wildman–Crippen LogP) is 0.202. The van der Waals surface area contributed by atoms with Gasteiger partial charge in [-0.3, -0.25) is 4.79 Å². The molecule has 1 N–H and O–H groups in total. The van der Waals surface area contributed by atoms with Crippen molar-refractivity contribution in [1.82, 2.24) is 4.90 Å². The molecular formula is C8H15BNO2. The molecule has 1 rings (SSSR count). The minimum absolute atomic E-state index is 0.0329. The summed E-state index contributed by atoms with van der Waals surface area (Å²) in [6.45, 7) is 4.56. The highest BCUT2D eigenvalue weighted by atomic mass is 16.2. The minimum atomic E-state index is -0.0418. The van der Waals surface area contributed by atoms with Crippen LogP contribution in [0.4, 0.5) is 0 Å². The zero-order valence-corrected chi connectivity index (χ0v) is 7.66. The number of carbonyl (C=O) groups is 1. The van der Waals surface area contributed by atoms with Gasteiger partial charge in [-0.1, -0.05) is 13.8 Å². The highest BCUT2D eigenvalue weighted by Gasteiger charge is 2.29. The number of amides is 1. The molecule has 1 atom stereocenters. The smallest absolute Gasteiger partial charge is 0.312 e. The monoisotopic (exact) mass is 168 g/mol. The van der Waals surface area contributed by atoms with Gasteiger partial charge in [-0.05, 0) is 12.8 Å². The topological polar surface area (TPSA) is 40.5 Å². The Labute approximate surface area is 74.0 Å². The van der Waals surface area contributed by atoms with Crippen LogP contribution in [-0.4, -0.2) is 35.8 Å². The Kier molecular flexibility index (Phi) is 3.15. The van der Waals surface area contributed by atoms with Crippen LogP contribution < -0.4 is 0 Å². The van der Waals surface area contributed by atoms with E-state index in [1.807, 2.05) is 13.8 Å². The number of rotatable bonds is 2. The van der Waals surface area contributed by atoms with Gasteiger partial charge in [-0.25, -0.2) is 0 Å². The lowest BCUT2D eigenvalue weighted by Gasteiger charge is -2.24. The lowest BCUT2D eigenvalue weighted by atomic mass is 9.86. The van der Waals surface area contributed by atoms with Crippen molar-refractivity contribution < 1.29 is 9.82 Å². The molecule has 1 saturated heterocycles. The summed E-state index contributed by atoms with van der Waals surface area (Å²) in [5.74, 6) is 0.133. The first-order chi connectivity index (χ1) is 5.66. The number of hydrogen-bond donors (Lipinski definition) is 1. The normalized spacial score (nSPS) is 23.3. The van der Waals surface area contributed by atoms with Crippen LogP contribution in [0.1, 0.15) is 26.7 Å². The standard InChI is InChI=1S/C8H15BNO2/c1-6(2)8(11)10-5-3-4-7(10)9-12/h6-7,12H,3-5H2,1-2H3. The second-order valence-corrected chi connectivity index (χ2v) is 3.54. The molecule has 0 spiro atoms. The summed E-state index contributed by atoms with van der Waals surface area (Å²) in [7, 11) is 1.13. The van der Waals surface area contributed by atoms with E-state index in [9.17, 15) is 4.79 Å². The lowest BCUT2D eigenvalue weighted by molar-refractivity contribution is -0.134. The third-order valence-electron chi connectivity index (χ3n) is 2.25. The fourth-order valence-electron chi connectivity index (χ4n) is 1.55. The van der Waals surface area contributed by atoms with Crippen molar-refractivity contribution in [2.75, 3.05) is 6.54 Å². The molecule has 1 heterocycles. The van der Waals surface area contributed by atoms with Crippen molar-refractivity contribution in [3.63, 3.8) is 0 Å². The van der Waals surface area contributed by atoms with Crippen LogP contribution in [0.3, 0.4) is 0 Å². The third-order valence-corrected chi connectivity index (χ3v) is 2.25. The molecule has 12 heavy (non-hydrogen) atoms. The van der Waals surface area contributed by atoms with E-state index in [1.54, 1.807) is 4.90 Å². The van der Waals surface area contributed by atoms with Crippen molar-refractivity contribution in [1.29, 1.82) is 0 Å². The van der Waals surface area contributed by atoms with Crippen LogP contribution >= 0.6 is 0 Å². The van der Waals surface area contributed by atoms with Gasteiger partial charge in [0.05, 0.1) is 0 Å². The third kappa shape index (κ3) is 1.80. The largest absolute Gasteiger partial charge is 0.452 e. The van der Waals surface area contributed by atoms with Crippen LogP contribution in [0, 0.1) is 5.92 Å². The maximum absolute atomic E-state index is 11.5. The van der Waals surface area contributed by atoms with E-state index in [2.05, 4.69) is 0 Å². The van der Waals surface area contributed by atoms with Crippen molar-refractivity contribution in [3.8, 4) is 0 Å². The molecule has 0 aromatic heterocycles. The van der Waals surface area contributed by atoms with Gasteiger partial charge in [-0.2, -0.15) is 0 Å². The fourth-order valence-corrected chi connectivity index (χ4v) is 1.55. The Morgan fingerprint density at radius 3 is 2.83 bits per heavy atom. The van der Waals surface area contributed by atoms with Crippen molar-refractivity contribution in [3.05, 3.63) is 0 Å². The number of hydrogen-bond acceptors (Lipinski definition) is 2. The lowest BCUT2D eigenvalue weighted by Crippen LogP contribution is -2.41. The summed E-state index contributed by atoms with van der Waals surface area (Å²) in [5, 5.41) is 8.85. The molecule has 1 amide bonds. The molecular weight excluding hydrogens is 153 g/mol. The molecule has 1 aliphatic rings. The summed E-state index contributed by atoms with van der Waals surface area (Å²) in [6.07, 6.45) is 1.90. The fraction of sp³-hybridized carbons (Fsp3) is 0.875. The average Bonchev–Trinajstić information content (AvgIpc) is 2.49. The van der Waals surface area contributed by atoms with E-state index >= 15 is 0 Å². The Hall–Kier alpha value is -0.505. The van der Waals surface area contributed by atoms with Crippen molar-refractivity contribution in [2.24, 2.45) is 5.92 Å². The van der Waals surface area contributed by atoms with Gasteiger partial charge in [0.25, 0.3) is 0 Å². The molecule has 0 saturated carbocycles. The molecule has 0 aliphatic carbocycles.